The van der Waals surface area contributed by atoms with Crippen molar-refractivity contribution < 1.29 is 9.53 Å². The van der Waals surface area contributed by atoms with Gasteiger partial charge in [-0.05, 0) is 46.3 Å². The van der Waals surface area contributed by atoms with Gasteiger partial charge in [0.15, 0.2) is 5.70 Å². The number of aliphatic imine (C=N–C) groups is 1. The number of nitrogens with zero attached hydrogens (tertiary/aromatic N) is 2. The van der Waals surface area contributed by atoms with E-state index in [-0.39, 0.29) is 5.70 Å². The number of ether oxygens (including phenoxy) is 1. The van der Waals surface area contributed by atoms with Crippen molar-refractivity contribution in [2.75, 3.05) is 0 Å². The van der Waals surface area contributed by atoms with E-state index < -0.39 is 5.97 Å². The van der Waals surface area contributed by atoms with Crippen LogP contribution < -0.4 is 0 Å². The summed E-state index contributed by atoms with van der Waals surface area (Å²) in [5, 5.41) is 0. The standard InChI is InChI=1S/C15H9BrN2O2/c16-12-7-2-1-6-11(12)14-18-13(15(19)20-14)9-10-5-3-4-8-17-10/h1-9H. The highest BCUT2D eigenvalue weighted by Gasteiger charge is 2.25. The maximum Gasteiger partial charge on any atom is 0.363 e. The van der Waals surface area contributed by atoms with Gasteiger partial charge in [-0.15, -0.1) is 0 Å². The van der Waals surface area contributed by atoms with E-state index in [4.69, 9.17) is 4.74 Å². The minimum absolute atomic E-state index is 0.245. The van der Waals surface area contributed by atoms with Crippen molar-refractivity contribution in [3.8, 4) is 0 Å². The summed E-state index contributed by atoms with van der Waals surface area (Å²) in [6, 6.07) is 12.9. The third-order valence-corrected chi connectivity index (χ3v) is 3.39. The molecule has 1 aliphatic heterocycles. The number of hydrogen-bond donors (Lipinski definition) is 0. The lowest BCUT2D eigenvalue weighted by molar-refractivity contribution is -0.129. The second-order valence-corrected chi connectivity index (χ2v) is 4.92. The fourth-order valence-electron chi connectivity index (χ4n) is 1.76. The Labute approximate surface area is 124 Å². The molecule has 0 fully saturated rings. The SMILES string of the molecule is O=C1OC(c2ccccc2Br)=NC1=Cc1ccccn1. The van der Waals surface area contributed by atoms with Gasteiger partial charge in [0.05, 0.1) is 11.3 Å². The van der Waals surface area contributed by atoms with Gasteiger partial charge < -0.3 is 4.74 Å². The molecule has 0 amide bonds. The van der Waals surface area contributed by atoms with Crippen LogP contribution in [0.5, 0.6) is 0 Å². The van der Waals surface area contributed by atoms with Crippen molar-refractivity contribution in [1.82, 2.24) is 4.98 Å². The molecule has 1 aliphatic rings. The predicted molar refractivity (Wildman–Crippen MR) is 79.0 cm³/mol. The molecular weight excluding hydrogens is 320 g/mol. The smallest absolute Gasteiger partial charge is 0.363 e. The molecule has 0 saturated heterocycles. The third kappa shape index (κ3) is 2.53. The minimum atomic E-state index is -0.471. The number of halogens is 1. The van der Waals surface area contributed by atoms with Crippen molar-refractivity contribution in [3.05, 3.63) is 70.1 Å². The molecule has 2 aromatic rings. The van der Waals surface area contributed by atoms with E-state index in [1.54, 1.807) is 18.3 Å². The Kier molecular flexibility index (Phi) is 3.43. The lowest BCUT2D eigenvalue weighted by atomic mass is 10.2. The van der Waals surface area contributed by atoms with Gasteiger partial charge >= 0.3 is 5.97 Å². The molecule has 3 rings (SSSR count). The Morgan fingerprint density at radius 3 is 2.65 bits per heavy atom. The van der Waals surface area contributed by atoms with E-state index in [1.807, 2.05) is 36.4 Å². The topological polar surface area (TPSA) is 51.5 Å². The van der Waals surface area contributed by atoms with Crippen molar-refractivity contribution >= 4 is 33.9 Å². The number of rotatable bonds is 2. The maximum atomic E-state index is 11.8. The zero-order chi connectivity index (χ0) is 13.9. The van der Waals surface area contributed by atoms with Crippen LogP contribution in [0.3, 0.4) is 0 Å². The molecule has 0 bridgehead atoms. The fourth-order valence-corrected chi connectivity index (χ4v) is 2.21. The highest BCUT2D eigenvalue weighted by atomic mass is 79.9. The van der Waals surface area contributed by atoms with Gasteiger partial charge in [-0.2, -0.15) is 0 Å². The second-order valence-electron chi connectivity index (χ2n) is 4.07. The Morgan fingerprint density at radius 1 is 1.10 bits per heavy atom. The van der Waals surface area contributed by atoms with Gasteiger partial charge in [0.25, 0.3) is 0 Å². The minimum Gasteiger partial charge on any atom is -0.402 e. The van der Waals surface area contributed by atoms with E-state index >= 15 is 0 Å². The summed E-state index contributed by atoms with van der Waals surface area (Å²) in [7, 11) is 0. The number of aromatic nitrogens is 1. The van der Waals surface area contributed by atoms with Crippen LogP contribution in [0.4, 0.5) is 0 Å². The number of cyclic esters (lactones) is 1. The average molecular weight is 329 g/mol. The summed E-state index contributed by atoms with van der Waals surface area (Å²) in [4.78, 5) is 20.2. The highest BCUT2D eigenvalue weighted by Crippen LogP contribution is 2.23. The third-order valence-electron chi connectivity index (χ3n) is 2.70. The molecular formula is C15H9BrN2O2. The normalized spacial score (nSPS) is 16.1. The number of carbonyl (C=O) groups is 1. The van der Waals surface area contributed by atoms with Crippen LogP contribution in [0.15, 0.2) is 63.8 Å². The van der Waals surface area contributed by atoms with Crippen LogP contribution in [0.2, 0.25) is 0 Å². The zero-order valence-corrected chi connectivity index (χ0v) is 11.9. The highest BCUT2D eigenvalue weighted by molar-refractivity contribution is 9.10. The quantitative estimate of drug-likeness (QED) is 0.628. The van der Waals surface area contributed by atoms with Gasteiger partial charge in [0.2, 0.25) is 5.90 Å². The van der Waals surface area contributed by atoms with E-state index in [2.05, 4.69) is 25.9 Å². The van der Waals surface area contributed by atoms with Crippen LogP contribution >= 0.6 is 15.9 Å². The van der Waals surface area contributed by atoms with Crippen LogP contribution in [0.25, 0.3) is 6.08 Å². The Morgan fingerprint density at radius 2 is 1.90 bits per heavy atom. The number of carbonyl (C=O) groups excluding carboxylic acids is 1. The van der Waals surface area contributed by atoms with Crippen LogP contribution in [-0.4, -0.2) is 16.9 Å². The molecule has 1 aromatic carbocycles. The molecule has 0 spiro atoms. The summed E-state index contributed by atoms with van der Waals surface area (Å²) >= 11 is 3.41. The first-order valence-electron chi connectivity index (χ1n) is 5.92. The first-order chi connectivity index (χ1) is 9.74. The lowest BCUT2D eigenvalue weighted by Gasteiger charge is -2.01. The van der Waals surface area contributed by atoms with E-state index in [0.717, 1.165) is 10.0 Å². The van der Waals surface area contributed by atoms with Crippen molar-refractivity contribution in [3.63, 3.8) is 0 Å². The first-order valence-corrected chi connectivity index (χ1v) is 6.72. The Hall–Kier alpha value is -2.27. The monoisotopic (exact) mass is 328 g/mol. The molecule has 0 radical (unpaired) electrons. The molecule has 0 N–H and O–H groups in total. The predicted octanol–water partition coefficient (Wildman–Crippen LogP) is 3.19. The van der Waals surface area contributed by atoms with Gasteiger partial charge in [0.1, 0.15) is 0 Å². The molecule has 0 aliphatic carbocycles. The molecule has 2 heterocycles. The van der Waals surface area contributed by atoms with Crippen LogP contribution in [0.1, 0.15) is 11.3 Å². The molecule has 0 atom stereocenters. The first kappa shape index (κ1) is 12.7. The number of esters is 1. The van der Waals surface area contributed by atoms with Crippen molar-refractivity contribution in [2.45, 2.75) is 0 Å². The largest absolute Gasteiger partial charge is 0.402 e. The molecule has 1 aromatic heterocycles. The summed E-state index contributed by atoms with van der Waals surface area (Å²) in [6.07, 6.45) is 3.26. The van der Waals surface area contributed by atoms with Crippen molar-refractivity contribution in [2.24, 2.45) is 4.99 Å². The second kappa shape index (κ2) is 5.38. The lowest BCUT2D eigenvalue weighted by Crippen LogP contribution is -2.05. The van der Waals surface area contributed by atoms with Gasteiger partial charge in [-0.1, -0.05) is 18.2 Å². The fraction of sp³-hybridized carbons (Fsp3) is 0. The number of benzene rings is 1. The van der Waals surface area contributed by atoms with Crippen LogP contribution in [0, 0.1) is 0 Å². The molecule has 0 saturated carbocycles. The summed E-state index contributed by atoms with van der Waals surface area (Å²) in [5.41, 5.74) is 1.65. The Balaban J connectivity index is 1.98. The van der Waals surface area contributed by atoms with Crippen LogP contribution in [-0.2, 0) is 9.53 Å². The zero-order valence-electron chi connectivity index (χ0n) is 10.3. The summed E-state index contributed by atoms with van der Waals surface area (Å²) in [5.74, 6) is -0.175. The summed E-state index contributed by atoms with van der Waals surface area (Å²) in [6.45, 7) is 0. The average Bonchev–Trinajstić information content (AvgIpc) is 2.81. The van der Waals surface area contributed by atoms with E-state index in [0.29, 0.717) is 11.6 Å². The number of pyridine rings is 1. The van der Waals surface area contributed by atoms with Gasteiger partial charge in [-0.25, -0.2) is 9.79 Å². The molecule has 4 nitrogen and oxygen atoms in total. The maximum absolute atomic E-state index is 11.8. The molecule has 20 heavy (non-hydrogen) atoms. The Bertz CT molecular complexity index is 724. The van der Waals surface area contributed by atoms with Gasteiger partial charge in [-0.3, -0.25) is 4.98 Å². The number of hydrogen-bond acceptors (Lipinski definition) is 4. The molecule has 0 unspecified atom stereocenters. The molecule has 5 heteroatoms. The summed E-state index contributed by atoms with van der Waals surface area (Å²) < 4.78 is 6.02. The van der Waals surface area contributed by atoms with Gasteiger partial charge in [0, 0.05) is 10.7 Å². The van der Waals surface area contributed by atoms with E-state index in [9.17, 15) is 4.79 Å². The van der Waals surface area contributed by atoms with E-state index in [1.165, 1.54) is 0 Å². The molecule has 98 valence electrons. The van der Waals surface area contributed by atoms with Crippen molar-refractivity contribution in [1.29, 1.82) is 0 Å².